The number of carbonyl (C=O) groups excluding carboxylic acids is 1. The average Bonchev–Trinajstić information content (AvgIpc) is 3.03. The zero-order valence-corrected chi connectivity index (χ0v) is 15.3. The number of benzene rings is 1. The van der Waals surface area contributed by atoms with E-state index in [-0.39, 0.29) is 35.7 Å². The van der Waals surface area contributed by atoms with E-state index in [1.54, 1.807) is 25.1 Å². The molecule has 1 saturated carbocycles. The van der Waals surface area contributed by atoms with Crippen LogP contribution in [0.2, 0.25) is 0 Å². The number of nitrogens with zero attached hydrogens (tertiary/aromatic N) is 2. The highest BCUT2D eigenvalue weighted by Gasteiger charge is 2.29. The van der Waals surface area contributed by atoms with Gasteiger partial charge in [0.25, 0.3) is 5.91 Å². The molecule has 0 aliphatic heterocycles. The van der Waals surface area contributed by atoms with Crippen molar-refractivity contribution in [2.24, 2.45) is 11.7 Å². The predicted molar refractivity (Wildman–Crippen MR) is 99.4 cm³/mol. The first-order valence-corrected chi connectivity index (χ1v) is 8.38. The summed E-state index contributed by atoms with van der Waals surface area (Å²) >= 11 is 0. The Morgan fingerprint density at radius 3 is 2.81 bits per heavy atom. The molecule has 26 heavy (non-hydrogen) atoms. The second-order valence-electron chi connectivity index (χ2n) is 6.37. The lowest BCUT2D eigenvalue weighted by Crippen LogP contribution is -2.42. The summed E-state index contributed by atoms with van der Waals surface area (Å²) < 4.78 is 15.3. The molecule has 1 amide bonds. The lowest BCUT2D eigenvalue weighted by atomic mass is 10.0. The minimum absolute atomic E-state index is 0. The first kappa shape index (κ1) is 20.1. The highest BCUT2D eigenvalue weighted by molar-refractivity contribution is 5.92. The first-order chi connectivity index (χ1) is 12.0. The van der Waals surface area contributed by atoms with Crippen molar-refractivity contribution in [1.29, 1.82) is 0 Å². The molecular formula is C18H22ClFN4O2. The molecule has 0 saturated heterocycles. The van der Waals surface area contributed by atoms with Gasteiger partial charge in [-0.25, -0.2) is 9.07 Å². The van der Waals surface area contributed by atoms with Crippen LogP contribution in [-0.2, 0) is 0 Å². The number of rotatable bonds is 4. The van der Waals surface area contributed by atoms with Crippen LogP contribution in [0.25, 0.3) is 5.69 Å². The number of halogens is 2. The fourth-order valence-electron chi connectivity index (χ4n) is 3.32. The van der Waals surface area contributed by atoms with Crippen molar-refractivity contribution in [3.05, 3.63) is 57.8 Å². The molecule has 2 unspecified atom stereocenters. The Kier molecular flexibility index (Phi) is 6.50. The number of hydrogen-bond donors (Lipinski definition) is 2. The van der Waals surface area contributed by atoms with Gasteiger partial charge in [-0.15, -0.1) is 12.4 Å². The van der Waals surface area contributed by atoms with Gasteiger partial charge in [-0.1, -0.05) is 18.6 Å². The third-order valence-corrected chi connectivity index (χ3v) is 4.68. The molecule has 1 heterocycles. The highest BCUT2D eigenvalue weighted by atomic mass is 35.5. The second-order valence-corrected chi connectivity index (χ2v) is 6.37. The van der Waals surface area contributed by atoms with E-state index in [9.17, 15) is 14.0 Å². The van der Waals surface area contributed by atoms with E-state index in [0.29, 0.717) is 12.2 Å². The minimum atomic E-state index is -0.541. The van der Waals surface area contributed by atoms with Crippen molar-refractivity contribution in [2.75, 3.05) is 6.54 Å². The van der Waals surface area contributed by atoms with Gasteiger partial charge in [-0.05, 0) is 44.4 Å². The lowest BCUT2D eigenvalue weighted by molar-refractivity contribution is 0.0920. The van der Waals surface area contributed by atoms with Crippen LogP contribution in [0.1, 0.15) is 35.4 Å². The second kappa shape index (κ2) is 8.42. The van der Waals surface area contributed by atoms with Gasteiger partial charge in [-0.3, -0.25) is 9.59 Å². The van der Waals surface area contributed by atoms with Crippen LogP contribution in [0.5, 0.6) is 0 Å². The molecule has 0 radical (unpaired) electrons. The third-order valence-electron chi connectivity index (χ3n) is 4.68. The van der Waals surface area contributed by atoms with Gasteiger partial charge in [0.2, 0.25) is 5.43 Å². The van der Waals surface area contributed by atoms with Crippen molar-refractivity contribution in [1.82, 2.24) is 15.1 Å². The molecule has 2 aromatic rings. The van der Waals surface area contributed by atoms with Crippen LogP contribution in [0.15, 0.2) is 35.1 Å². The summed E-state index contributed by atoms with van der Waals surface area (Å²) in [5.41, 5.74) is 5.65. The molecule has 3 N–H and O–H groups in total. The summed E-state index contributed by atoms with van der Waals surface area (Å²) in [4.78, 5) is 24.8. The summed E-state index contributed by atoms with van der Waals surface area (Å²) in [6.45, 7) is 2.13. The maximum atomic E-state index is 14.1. The van der Waals surface area contributed by atoms with Crippen molar-refractivity contribution in [2.45, 2.75) is 32.2 Å². The van der Waals surface area contributed by atoms with Gasteiger partial charge in [0, 0.05) is 17.8 Å². The van der Waals surface area contributed by atoms with Crippen LogP contribution in [0.3, 0.4) is 0 Å². The van der Waals surface area contributed by atoms with Gasteiger partial charge >= 0.3 is 0 Å². The number of nitrogens with two attached hydrogens (primary N) is 1. The standard InChI is InChI=1S/C18H21FN4O2.ClH/c1-11-9-16(24)17(18(25)21-14-7-4-5-12(14)10-20)22-23(11)15-8-3-2-6-13(15)19;/h2-3,6,8-9,12,14H,4-5,7,10,20H2,1H3,(H,21,25);1H. The summed E-state index contributed by atoms with van der Waals surface area (Å²) in [5, 5.41) is 6.98. The molecule has 2 atom stereocenters. The normalized spacial score (nSPS) is 19.0. The number of amides is 1. The average molecular weight is 381 g/mol. The van der Waals surface area contributed by atoms with E-state index in [1.165, 1.54) is 16.8 Å². The van der Waals surface area contributed by atoms with E-state index in [0.717, 1.165) is 19.3 Å². The summed E-state index contributed by atoms with van der Waals surface area (Å²) in [6, 6.07) is 7.33. The molecule has 1 aliphatic carbocycles. The van der Waals surface area contributed by atoms with Crippen LogP contribution in [0, 0.1) is 18.7 Å². The summed E-state index contributed by atoms with van der Waals surface area (Å²) in [5.74, 6) is -0.810. The number of nitrogens with one attached hydrogen (secondary N) is 1. The topological polar surface area (TPSA) is 90.0 Å². The number of aryl methyl sites for hydroxylation is 1. The fourth-order valence-corrected chi connectivity index (χ4v) is 3.32. The molecule has 1 aromatic heterocycles. The van der Waals surface area contributed by atoms with Crippen LogP contribution in [-0.4, -0.2) is 28.3 Å². The predicted octanol–water partition coefficient (Wildman–Crippen LogP) is 1.96. The zero-order chi connectivity index (χ0) is 18.0. The maximum Gasteiger partial charge on any atom is 0.276 e. The Labute approximate surface area is 157 Å². The van der Waals surface area contributed by atoms with Crippen LogP contribution >= 0.6 is 12.4 Å². The molecule has 6 nitrogen and oxygen atoms in total. The molecule has 8 heteroatoms. The van der Waals surface area contributed by atoms with E-state index >= 15 is 0 Å². The Morgan fingerprint density at radius 1 is 1.38 bits per heavy atom. The molecule has 3 rings (SSSR count). The first-order valence-electron chi connectivity index (χ1n) is 8.38. The van der Waals surface area contributed by atoms with Crippen molar-refractivity contribution >= 4 is 18.3 Å². The summed E-state index contributed by atoms with van der Waals surface area (Å²) in [7, 11) is 0. The Morgan fingerprint density at radius 2 is 2.12 bits per heavy atom. The molecule has 1 aromatic carbocycles. The SMILES string of the molecule is Cc1cc(=O)c(C(=O)NC2CCCC2CN)nn1-c1ccccc1F.Cl. The van der Waals surface area contributed by atoms with Gasteiger partial charge in [0.1, 0.15) is 11.5 Å². The van der Waals surface area contributed by atoms with E-state index in [2.05, 4.69) is 10.4 Å². The van der Waals surface area contributed by atoms with Gasteiger partial charge in [-0.2, -0.15) is 5.10 Å². The largest absolute Gasteiger partial charge is 0.347 e. The van der Waals surface area contributed by atoms with Crippen molar-refractivity contribution < 1.29 is 9.18 Å². The highest BCUT2D eigenvalue weighted by Crippen LogP contribution is 2.24. The molecule has 1 fully saturated rings. The quantitative estimate of drug-likeness (QED) is 0.848. The fraction of sp³-hybridized carbons (Fsp3) is 0.389. The van der Waals surface area contributed by atoms with E-state index < -0.39 is 17.2 Å². The van der Waals surface area contributed by atoms with Gasteiger partial charge < -0.3 is 11.1 Å². The lowest BCUT2D eigenvalue weighted by Gasteiger charge is -2.19. The molecule has 140 valence electrons. The molecule has 0 bridgehead atoms. The zero-order valence-electron chi connectivity index (χ0n) is 14.4. The van der Waals surface area contributed by atoms with E-state index in [4.69, 9.17) is 5.73 Å². The number of para-hydroxylation sites is 1. The van der Waals surface area contributed by atoms with Gasteiger partial charge in [0.15, 0.2) is 5.69 Å². The molecule has 1 aliphatic rings. The van der Waals surface area contributed by atoms with E-state index in [1.807, 2.05) is 0 Å². The Bertz CT molecular complexity index is 855. The monoisotopic (exact) mass is 380 g/mol. The van der Waals surface area contributed by atoms with Crippen molar-refractivity contribution in [3.63, 3.8) is 0 Å². The Balaban J connectivity index is 0.00000243. The molecular weight excluding hydrogens is 359 g/mol. The van der Waals surface area contributed by atoms with Crippen LogP contribution < -0.4 is 16.5 Å². The van der Waals surface area contributed by atoms with Crippen molar-refractivity contribution in [3.8, 4) is 5.69 Å². The Hall–Kier alpha value is -2.25. The third kappa shape index (κ3) is 3.94. The molecule has 0 spiro atoms. The number of hydrogen-bond acceptors (Lipinski definition) is 4. The van der Waals surface area contributed by atoms with Crippen LogP contribution in [0.4, 0.5) is 4.39 Å². The van der Waals surface area contributed by atoms with Gasteiger partial charge in [0.05, 0.1) is 0 Å². The number of carbonyl (C=O) groups is 1. The number of aromatic nitrogens is 2. The smallest absolute Gasteiger partial charge is 0.276 e. The summed E-state index contributed by atoms with van der Waals surface area (Å²) in [6.07, 6.45) is 2.79. The maximum absolute atomic E-state index is 14.1. The minimum Gasteiger partial charge on any atom is -0.347 e.